The van der Waals surface area contributed by atoms with Gasteiger partial charge < -0.3 is 10.5 Å². The lowest BCUT2D eigenvalue weighted by Gasteiger charge is -2.16. The Morgan fingerprint density at radius 1 is 1.14 bits per heavy atom. The second kappa shape index (κ2) is 5.69. The van der Waals surface area contributed by atoms with Crippen LogP contribution < -0.4 is 15.4 Å². The molecular formula is C16H18N2O3. The smallest absolute Gasteiger partial charge is 0.238 e. The van der Waals surface area contributed by atoms with Gasteiger partial charge in [-0.2, -0.15) is 0 Å². The molecule has 0 saturated carbocycles. The van der Waals surface area contributed by atoms with Crippen LogP contribution in [0.3, 0.4) is 0 Å². The first-order valence-electron chi connectivity index (χ1n) is 7.18. The van der Waals surface area contributed by atoms with Gasteiger partial charge in [-0.3, -0.25) is 9.59 Å². The van der Waals surface area contributed by atoms with E-state index >= 15 is 0 Å². The van der Waals surface area contributed by atoms with E-state index in [1.54, 1.807) is 24.3 Å². The number of hydrogen-bond acceptors (Lipinski definition) is 4. The number of rotatable bonds is 4. The second-order valence-corrected chi connectivity index (χ2v) is 5.30. The van der Waals surface area contributed by atoms with E-state index < -0.39 is 0 Å². The van der Waals surface area contributed by atoms with Gasteiger partial charge in [-0.15, -0.1) is 0 Å². The van der Waals surface area contributed by atoms with Crippen molar-refractivity contribution in [2.24, 2.45) is 17.6 Å². The molecule has 2 amide bonds. The summed E-state index contributed by atoms with van der Waals surface area (Å²) in [6.07, 6.45) is 5.26. The molecular weight excluding hydrogens is 268 g/mol. The van der Waals surface area contributed by atoms with Crippen molar-refractivity contribution in [3.8, 4) is 5.75 Å². The van der Waals surface area contributed by atoms with Crippen molar-refractivity contribution < 1.29 is 14.3 Å². The van der Waals surface area contributed by atoms with Crippen LogP contribution in [0.1, 0.15) is 12.8 Å². The van der Waals surface area contributed by atoms with E-state index in [0.29, 0.717) is 37.4 Å². The highest BCUT2D eigenvalue weighted by Crippen LogP contribution is 2.38. The van der Waals surface area contributed by atoms with Crippen LogP contribution in [-0.4, -0.2) is 25.0 Å². The average molecular weight is 286 g/mol. The van der Waals surface area contributed by atoms with Crippen LogP contribution in [0.5, 0.6) is 5.75 Å². The van der Waals surface area contributed by atoms with E-state index in [4.69, 9.17) is 10.5 Å². The van der Waals surface area contributed by atoms with Gasteiger partial charge in [0.15, 0.2) is 0 Å². The number of fused-ring (bicyclic) bond motifs is 1. The van der Waals surface area contributed by atoms with E-state index in [1.165, 1.54) is 4.90 Å². The van der Waals surface area contributed by atoms with Gasteiger partial charge in [0, 0.05) is 12.6 Å². The fourth-order valence-electron chi connectivity index (χ4n) is 2.94. The van der Waals surface area contributed by atoms with Crippen molar-refractivity contribution in [3.63, 3.8) is 0 Å². The number of nitrogens with zero attached hydrogens (tertiary/aromatic N) is 1. The van der Waals surface area contributed by atoms with Crippen LogP contribution >= 0.6 is 0 Å². The maximum absolute atomic E-state index is 12.5. The lowest BCUT2D eigenvalue weighted by molar-refractivity contribution is -0.122. The van der Waals surface area contributed by atoms with E-state index in [9.17, 15) is 9.59 Å². The number of benzene rings is 1. The van der Waals surface area contributed by atoms with E-state index in [0.717, 1.165) is 0 Å². The number of imide groups is 1. The molecule has 0 radical (unpaired) electrons. The van der Waals surface area contributed by atoms with Gasteiger partial charge in [0.05, 0.1) is 17.5 Å². The summed E-state index contributed by atoms with van der Waals surface area (Å²) >= 11 is 0. The third-order valence-corrected chi connectivity index (χ3v) is 3.97. The van der Waals surface area contributed by atoms with Gasteiger partial charge in [0.1, 0.15) is 12.4 Å². The van der Waals surface area contributed by atoms with Gasteiger partial charge in [0.25, 0.3) is 0 Å². The largest absolute Gasteiger partial charge is 0.492 e. The molecule has 110 valence electrons. The molecule has 2 atom stereocenters. The molecule has 5 heteroatoms. The summed E-state index contributed by atoms with van der Waals surface area (Å²) in [5.41, 5.74) is 5.99. The molecule has 1 fully saturated rings. The van der Waals surface area contributed by atoms with Gasteiger partial charge in [-0.25, -0.2) is 4.90 Å². The molecule has 1 aromatic rings. The second-order valence-electron chi connectivity index (χ2n) is 5.30. The highest BCUT2D eigenvalue weighted by Gasteiger charge is 2.47. The summed E-state index contributed by atoms with van der Waals surface area (Å²) in [4.78, 5) is 26.3. The quantitative estimate of drug-likeness (QED) is 0.672. The maximum atomic E-state index is 12.5. The highest BCUT2D eigenvalue weighted by molar-refractivity contribution is 6.22. The Hall–Kier alpha value is -2.14. The molecule has 1 aliphatic carbocycles. The Morgan fingerprint density at radius 2 is 1.81 bits per heavy atom. The lowest BCUT2D eigenvalue weighted by atomic mass is 9.85. The average Bonchev–Trinajstić information content (AvgIpc) is 2.78. The number of hydrogen-bond donors (Lipinski definition) is 1. The zero-order chi connectivity index (χ0) is 14.8. The van der Waals surface area contributed by atoms with Crippen LogP contribution in [0.15, 0.2) is 36.4 Å². The minimum absolute atomic E-state index is 0.106. The summed E-state index contributed by atoms with van der Waals surface area (Å²) < 4.78 is 5.46. The molecule has 3 rings (SSSR count). The lowest BCUT2D eigenvalue weighted by Crippen LogP contribution is -2.30. The minimum Gasteiger partial charge on any atom is -0.492 e. The van der Waals surface area contributed by atoms with Crippen molar-refractivity contribution in [1.29, 1.82) is 0 Å². The fraction of sp³-hybridized carbons (Fsp3) is 0.375. The molecule has 1 saturated heterocycles. The number of nitrogens with two attached hydrogens (primary N) is 1. The Kier molecular flexibility index (Phi) is 3.75. The Balaban J connectivity index is 1.86. The number of anilines is 1. The summed E-state index contributed by atoms with van der Waals surface area (Å²) in [7, 11) is 0. The highest BCUT2D eigenvalue weighted by atomic mass is 16.5. The first kappa shape index (κ1) is 13.8. The molecule has 2 unspecified atom stereocenters. The van der Waals surface area contributed by atoms with Crippen LogP contribution in [0.2, 0.25) is 0 Å². The molecule has 21 heavy (non-hydrogen) atoms. The standard InChI is InChI=1S/C16H18N2O3/c17-8-9-21-12-5-3-4-11(10-12)18-15(19)13-6-1-2-7-14(13)16(18)20/h1-5,10,13-14H,6-9,17H2. The van der Waals surface area contributed by atoms with Gasteiger partial charge in [0.2, 0.25) is 11.8 Å². The SMILES string of the molecule is NCCOc1cccc(N2C(=O)C3CC=CCC3C2=O)c1. The van der Waals surface area contributed by atoms with Crippen molar-refractivity contribution in [2.45, 2.75) is 12.8 Å². The predicted octanol–water partition coefficient (Wildman–Crippen LogP) is 1.48. The molecule has 2 aliphatic rings. The third kappa shape index (κ3) is 2.45. The topological polar surface area (TPSA) is 72.6 Å². The van der Waals surface area contributed by atoms with Crippen molar-refractivity contribution in [2.75, 3.05) is 18.1 Å². The van der Waals surface area contributed by atoms with E-state index in [-0.39, 0.29) is 23.7 Å². The Bertz CT molecular complexity index is 571. The monoisotopic (exact) mass is 286 g/mol. The zero-order valence-electron chi connectivity index (χ0n) is 11.7. The number of ether oxygens (including phenoxy) is 1. The number of amides is 2. The fourth-order valence-corrected chi connectivity index (χ4v) is 2.94. The van der Waals surface area contributed by atoms with Crippen LogP contribution in [0, 0.1) is 11.8 Å². The summed E-state index contributed by atoms with van der Waals surface area (Å²) in [6.45, 7) is 0.822. The Labute approximate surface area is 123 Å². The van der Waals surface area contributed by atoms with Crippen molar-refractivity contribution in [3.05, 3.63) is 36.4 Å². The van der Waals surface area contributed by atoms with Crippen molar-refractivity contribution >= 4 is 17.5 Å². The van der Waals surface area contributed by atoms with Gasteiger partial charge in [-0.1, -0.05) is 18.2 Å². The molecule has 1 aliphatic heterocycles. The molecule has 1 heterocycles. The molecule has 0 aromatic heterocycles. The van der Waals surface area contributed by atoms with Gasteiger partial charge in [-0.05, 0) is 25.0 Å². The molecule has 5 nitrogen and oxygen atoms in total. The maximum Gasteiger partial charge on any atom is 0.238 e. The van der Waals surface area contributed by atoms with Crippen LogP contribution in [-0.2, 0) is 9.59 Å². The number of carbonyl (C=O) groups excluding carboxylic acids is 2. The van der Waals surface area contributed by atoms with Crippen LogP contribution in [0.4, 0.5) is 5.69 Å². The third-order valence-electron chi connectivity index (χ3n) is 3.97. The minimum atomic E-state index is -0.212. The molecule has 1 aromatic carbocycles. The van der Waals surface area contributed by atoms with Crippen molar-refractivity contribution in [1.82, 2.24) is 0 Å². The predicted molar refractivity (Wildman–Crippen MR) is 78.8 cm³/mol. The first-order chi connectivity index (χ1) is 10.2. The summed E-state index contributed by atoms with van der Waals surface area (Å²) in [5.74, 6) is -0.0190. The summed E-state index contributed by atoms with van der Waals surface area (Å²) in [5, 5.41) is 0. The molecule has 0 bridgehead atoms. The zero-order valence-corrected chi connectivity index (χ0v) is 11.7. The first-order valence-corrected chi connectivity index (χ1v) is 7.18. The summed E-state index contributed by atoms with van der Waals surface area (Å²) in [6, 6.07) is 7.05. The molecule has 2 N–H and O–H groups in total. The Morgan fingerprint density at radius 3 is 2.43 bits per heavy atom. The van der Waals surface area contributed by atoms with Gasteiger partial charge >= 0.3 is 0 Å². The number of carbonyl (C=O) groups is 2. The molecule has 0 spiro atoms. The van der Waals surface area contributed by atoms with E-state index in [2.05, 4.69) is 0 Å². The normalized spacial score (nSPS) is 24.3. The van der Waals surface area contributed by atoms with Crippen LogP contribution in [0.25, 0.3) is 0 Å². The van der Waals surface area contributed by atoms with E-state index in [1.807, 2.05) is 12.2 Å². The number of allylic oxidation sites excluding steroid dienone is 2.